The lowest BCUT2D eigenvalue weighted by Crippen LogP contribution is -1.87. The average Bonchev–Trinajstić information content (AvgIpc) is 3.25. The van der Waals surface area contributed by atoms with E-state index in [9.17, 15) is 0 Å². The van der Waals surface area contributed by atoms with Crippen molar-refractivity contribution in [2.75, 3.05) is 0 Å². The molecule has 3 heterocycles. The maximum atomic E-state index is 4.84. The largest absolute Gasteiger partial charge is 0.313 e. The summed E-state index contributed by atoms with van der Waals surface area (Å²) in [6.07, 6.45) is 0. The summed E-state index contributed by atoms with van der Waals surface area (Å²) in [7, 11) is 2.10. The Balaban J connectivity index is 1.99. The minimum Gasteiger partial charge on any atom is -0.313 e. The Morgan fingerprint density at radius 1 is 0.833 bits per heavy atom. The first-order chi connectivity index (χ1) is 11.8. The standard InChI is InChI=1S/C20H13N3S/c1-22-16-11-10-13-12-6-2-5-9-17(12)24-19(13)18(16)23-15-8-4-3-7-14(15)21-20(22)23/h2-11H,1H3. The molecule has 4 heteroatoms. The summed E-state index contributed by atoms with van der Waals surface area (Å²) in [6, 6.07) is 21.5. The van der Waals surface area contributed by atoms with Gasteiger partial charge < -0.3 is 4.57 Å². The molecular weight excluding hydrogens is 314 g/mol. The van der Waals surface area contributed by atoms with Gasteiger partial charge in [0.25, 0.3) is 0 Å². The minimum atomic E-state index is 0.996. The Kier molecular flexibility index (Phi) is 2.18. The summed E-state index contributed by atoms with van der Waals surface area (Å²) in [5, 5.41) is 2.66. The summed E-state index contributed by atoms with van der Waals surface area (Å²) < 4.78 is 7.17. The molecule has 0 aliphatic carbocycles. The Morgan fingerprint density at radius 2 is 1.67 bits per heavy atom. The number of para-hydroxylation sites is 2. The van der Waals surface area contributed by atoms with Crippen LogP contribution in [-0.4, -0.2) is 14.0 Å². The van der Waals surface area contributed by atoms with Gasteiger partial charge in [-0.15, -0.1) is 11.3 Å². The molecule has 6 rings (SSSR count). The van der Waals surface area contributed by atoms with Crippen LogP contribution < -0.4 is 0 Å². The van der Waals surface area contributed by atoms with E-state index in [-0.39, 0.29) is 0 Å². The molecule has 0 fully saturated rings. The van der Waals surface area contributed by atoms with Crippen molar-refractivity contribution >= 4 is 59.4 Å². The lowest BCUT2D eigenvalue weighted by Gasteiger charge is -1.98. The zero-order chi connectivity index (χ0) is 15.8. The molecule has 0 bridgehead atoms. The fourth-order valence-corrected chi connectivity index (χ4v) is 5.05. The van der Waals surface area contributed by atoms with E-state index < -0.39 is 0 Å². The summed E-state index contributed by atoms with van der Waals surface area (Å²) in [5.41, 5.74) is 4.70. The molecule has 114 valence electrons. The zero-order valence-electron chi connectivity index (χ0n) is 13.0. The molecule has 0 spiro atoms. The van der Waals surface area contributed by atoms with Crippen molar-refractivity contribution < 1.29 is 0 Å². The predicted octanol–water partition coefficient (Wildman–Crippen LogP) is 5.35. The van der Waals surface area contributed by atoms with Gasteiger partial charge in [0.2, 0.25) is 5.78 Å². The van der Waals surface area contributed by atoms with Gasteiger partial charge in [-0.1, -0.05) is 36.4 Å². The van der Waals surface area contributed by atoms with E-state index in [0.717, 1.165) is 11.3 Å². The van der Waals surface area contributed by atoms with E-state index in [4.69, 9.17) is 4.98 Å². The molecule has 3 nitrogen and oxygen atoms in total. The van der Waals surface area contributed by atoms with Crippen LogP contribution in [0.5, 0.6) is 0 Å². The molecule has 0 aliphatic rings. The number of hydrogen-bond donors (Lipinski definition) is 0. The van der Waals surface area contributed by atoms with Gasteiger partial charge >= 0.3 is 0 Å². The molecule has 0 saturated heterocycles. The fraction of sp³-hybridized carbons (Fsp3) is 0.0500. The molecule has 0 unspecified atom stereocenters. The molecule has 0 amide bonds. The van der Waals surface area contributed by atoms with Crippen LogP contribution in [0.3, 0.4) is 0 Å². The van der Waals surface area contributed by atoms with Crippen LogP contribution in [0.4, 0.5) is 0 Å². The number of rotatable bonds is 0. The zero-order valence-corrected chi connectivity index (χ0v) is 13.8. The summed E-state index contributed by atoms with van der Waals surface area (Å²) in [5.74, 6) is 0.996. The topological polar surface area (TPSA) is 22.2 Å². The lowest BCUT2D eigenvalue weighted by atomic mass is 10.1. The molecular formula is C20H13N3S. The Labute approximate surface area is 141 Å². The molecule has 0 aliphatic heterocycles. The van der Waals surface area contributed by atoms with Gasteiger partial charge in [0, 0.05) is 22.5 Å². The molecule has 0 radical (unpaired) electrons. The second kappa shape index (κ2) is 4.16. The van der Waals surface area contributed by atoms with Crippen molar-refractivity contribution in [3.05, 3.63) is 60.7 Å². The van der Waals surface area contributed by atoms with E-state index >= 15 is 0 Å². The number of nitrogens with zero attached hydrogens (tertiary/aromatic N) is 3. The third-order valence-corrected chi connectivity index (χ3v) is 6.12. The van der Waals surface area contributed by atoms with Gasteiger partial charge in [-0.05, 0) is 24.3 Å². The SMILES string of the molecule is Cn1c2ccc3c4ccccc4sc3c2n2c3ccccc3nc12. The quantitative estimate of drug-likeness (QED) is 0.369. The smallest absolute Gasteiger partial charge is 0.215 e. The van der Waals surface area contributed by atoms with Crippen molar-refractivity contribution in [2.24, 2.45) is 7.05 Å². The third-order valence-electron chi connectivity index (χ3n) is 4.93. The number of hydrogen-bond acceptors (Lipinski definition) is 2. The van der Waals surface area contributed by atoms with Gasteiger partial charge in [-0.2, -0.15) is 0 Å². The number of aryl methyl sites for hydroxylation is 1. The van der Waals surface area contributed by atoms with Crippen LogP contribution in [0.25, 0.3) is 48.0 Å². The van der Waals surface area contributed by atoms with Gasteiger partial charge in [0.05, 0.1) is 26.8 Å². The van der Waals surface area contributed by atoms with Gasteiger partial charge in [-0.3, -0.25) is 4.40 Å². The second-order valence-corrected chi connectivity index (χ2v) is 7.26. The Bertz CT molecular complexity index is 1410. The molecule has 0 atom stereocenters. The Hall–Kier alpha value is -2.85. The second-order valence-electron chi connectivity index (χ2n) is 6.20. The van der Waals surface area contributed by atoms with Crippen LogP contribution in [0.2, 0.25) is 0 Å². The van der Waals surface area contributed by atoms with Gasteiger partial charge in [0.1, 0.15) is 0 Å². The van der Waals surface area contributed by atoms with Crippen LogP contribution in [0.15, 0.2) is 60.7 Å². The van der Waals surface area contributed by atoms with Crippen LogP contribution in [0, 0.1) is 0 Å². The molecule has 0 saturated carbocycles. The average molecular weight is 327 g/mol. The molecule has 3 aromatic heterocycles. The first kappa shape index (κ1) is 12.6. The van der Waals surface area contributed by atoms with Crippen LogP contribution >= 0.6 is 11.3 Å². The van der Waals surface area contributed by atoms with Crippen LogP contribution in [0.1, 0.15) is 0 Å². The molecule has 6 aromatic rings. The van der Waals surface area contributed by atoms with E-state index in [1.165, 1.54) is 36.7 Å². The summed E-state index contributed by atoms with van der Waals surface area (Å²) in [4.78, 5) is 4.84. The maximum absolute atomic E-state index is 4.84. The normalized spacial score (nSPS) is 12.4. The van der Waals surface area contributed by atoms with Crippen molar-refractivity contribution in [3.8, 4) is 0 Å². The van der Waals surface area contributed by atoms with Gasteiger partial charge in [-0.25, -0.2) is 4.98 Å². The maximum Gasteiger partial charge on any atom is 0.215 e. The number of aromatic nitrogens is 3. The first-order valence-electron chi connectivity index (χ1n) is 7.99. The minimum absolute atomic E-state index is 0.996. The number of benzene rings is 3. The highest BCUT2D eigenvalue weighted by Crippen LogP contribution is 2.39. The summed E-state index contributed by atoms with van der Waals surface area (Å²) >= 11 is 1.87. The van der Waals surface area contributed by atoms with Gasteiger partial charge in [0.15, 0.2) is 0 Å². The Morgan fingerprint density at radius 3 is 2.62 bits per heavy atom. The predicted molar refractivity (Wildman–Crippen MR) is 102 cm³/mol. The van der Waals surface area contributed by atoms with E-state index in [1.54, 1.807) is 0 Å². The van der Waals surface area contributed by atoms with Crippen molar-refractivity contribution in [1.82, 2.24) is 14.0 Å². The molecule has 3 aromatic carbocycles. The number of thiophene rings is 1. The third kappa shape index (κ3) is 1.36. The highest BCUT2D eigenvalue weighted by molar-refractivity contribution is 7.26. The highest BCUT2D eigenvalue weighted by atomic mass is 32.1. The van der Waals surface area contributed by atoms with E-state index in [2.05, 4.69) is 70.6 Å². The number of fused-ring (bicyclic) bond motifs is 9. The lowest BCUT2D eigenvalue weighted by molar-refractivity contribution is 0.974. The fourth-order valence-electron chi connectivity index (χ4n) is 3.82. The summed E-state index contributed by atoms with van der Waals surface area (Å²) in [6.45, 7) is 0. The van der Waals surface area contributed by atoms with Crippen molar-refractivity contribution in [2.45, 2.75) is 0 Å². The highest BCUT2D eigenvalue weighted by Gasteiger charge is 2.17. The van der Waals surface area contributed by atoms with Crippen molar-refractivity contribution in [3.63, 3.8) is 0 Å². The number of imidazole rings is 2. The monoisotopic (exact) mass is 327 g/mol. The van der Waals surface area contributed by atoms with E-state index in [1.807, 2.05) is 17.4 Å². The molecule has 24 heavy (non-hydrogen) atoms. The van der Waals surface area contributed by atoms with Crippen molar-refractivity contribution in [1.29, 1.82) is 0 Å². The van der Waals surface area contributed by atoms with E-state index in [0.29, 0.717) is 0 Å². The molecule has 0 N–H and O–H groups in total. The van der Waals surface area contributed by atoms with Crippen LogP contribution in [-0.2, 0) is 7.05 Å². The first-order valence-corrected chi connectivity index (χ1v) is 8.80.